The van der Waals surface area contributed by atoms with E-state index in [-0.39, 0.29) is 12.5 Å². The number of halogens is 2. The highest BCUT2D eigenvalue weighted by molar-refractivity contribution is 6.35. The van der Waals surface area contributed by atoms with Crippen LogP contribution in [0.4, 0.5) is 5.69 Å². The molecule has 17 heavy (non-hydrogen) atoms. The van der Waals surface area contributed by atoms with Gasteiger partial charge in [-0.15, -0.1) is 0 Å². The molecule has 4 nitrogen and oxygen atoms in total. The first-order valence-corrected chi connectivity index (χ1v) is 5.90. The van der Waals surface area contributed by atoms with E-state index < -0.39 is 5.54 Å². The van der Waals surface area contributed by atoms with Crippen LogP contribution in [0.25, 0.3) is 0 Å². The lowest BCUT2D eigenvalue weighted by atomic mass is 9.99. The highest BCUT2D eigenvalue weighted by Gasteiger charge is 2.38. The third kappa shape index (κ3) is 2.72. The van der Waals surface area contributed by atoms with Crippen molar-refractivity contribution in [1.82, 2.24) is 0 Å². The minimum absolute atomic E-state index is 0.219. The van der Waals surface area contributed by atoms with E-state index in [2.05, 4.69) is 5.32 Å². The average molecular weight is 275 g/mol. The molecule has 1 aliphatic heterocycles. The third-order valence-corrected chi connectivity index (χ3v) is 3.25. The number of hydrogen-bond acceptors (Lipinski definition) is 3. The summed E-state index contributed by atoms with van der Waals surface area (Å²) in [7, 11) is 0. The van der Waals surface area contributed by atoms with Gasteiger partial charge in [-0.25, -0.2) is 0 Å². The molecular formula is C11H12Cl2N2O2. The maximum absolute atomic E-state index is 12.0. The lowest BCUT2D eigenvalue weighted by molar-refractivity contribution is -0.121. The number of carbonyl (C=O) groups is 1. The van der Waals surface area contributed by atoms with Gasteiger partial charge in [0.15, 0.2) is 0 Å². The molecule has 1 unspecified atom stereocenters. The highest BCUT2D eigenvalue weighted by Crippen LogP contribution is 2.27. The molecule has 1 atom stereocenters. The fourth-order valence-corrected chi connectivity index (χ4v) is 1.94. The molecule has 92 valence electrons. The first-order valence-electron chi connectivity index (χ1n) is 5.14. The van der Waals surface area contributed by atoms with Gasteiger partial charge in [-0.2, -0.15) is 0 Å². The fraction of sp³-hybridized carbons (Fsp3) is 0.364. The standard InChI is InChI=1S/C11H12Cl2N2O2/c12-7-1-2-8(13)9(5-7)15-10(16)11(14)3-4-17-6-11/h1-2,5H,3-4,6,14H2,(H,15,16). The molecule has 3 N–H and O–H groups in total. The Balaban J connectivity index is 2.15. The monoisotopic (exact) mass is 274 g/mol. The van der Waals surface area contributed by atoms with Crippen LogP contribution in [0, 0.1) is 0 Å². The van der Waals surface area contributed by atoms with Crippen LogP contribution in [0.2, 0.25) is 10.0 Å². The van der Waals surface area contributed by atoms with Gasteiger partial charge in [-0.1, -0.05) is 23.2 Å². The van der Waals surface area contributed by atoms with Crippen LogP contribution in [0.1, 0.15) is 6.42 Å². The zero-order chi connectivity index (χ0) is 12.5. The maximum Gasteiger partial charge on any atom is 0.246 e. The van der Waals surface area contributed by atoms with E-state index in [9.17, 15) is 4.79 Å². The summed E-state index contributed by atoms with van der Waals surface area (Å²) in [6.07, 6.45) is 0.497. The Labute approximate surface area is 109 Å². The van der Waals surface area contributed by atoms with Crippen LogP contribution in [0.15, 0.2) is 18.2 Å². The van der Waals surface area contributed by atoms with E-state index >= 15 is 0 Å². The Kier molecular flexibility index (Phi) is 3.58. The fourth-order valence-electron chi connectivity index (χ4n) is 1.60. The summed E-state index contributed by atoms with van der Waals surface area (Å²) >= 11 is 11.8. The van der Waals surface area contributed by atoms with E-state index in [0.717, 1.165) is 0 Å². The predicted molar refractivity (Wildman–Crippen MR) is 67.4 cm³/mol. The average Bonchev–Trinajstić information content (AvgIpc) is 2.72. The van der Waals surface area contributed by atoms with Crippen LogP contribution in [-0.2, 0) is 9.53 Å². The summed E-state index contributed by atoms with van der Waals surface area (Å²) in [6, 6.07) is 4.85. The smallest absolute Gasteiger partial charge is 0.246 e. The van der Waals surface area contributed by atoms with Gasteiger partial charge in [0.2, 0.25) is 5.91 Å². The van der Waals surface area contributed by atoms with Gasteiger partial charge >= 0.3 is 0 Å². The highest BCUT2D eigenvalue weighted by atomic mass is 35.5. The van der Waals surface area contributed by atoms with Crippen molar-refractivity contribution in [2.24, 2.45) is 5.73 Å². The molecule has 1 fully saturated rings. The largest absolute Gasteiger partial charge is 0.379 e. The van der Waals surface area contributed by atoms with Crippen molar-refractivity contribution in [3.05, 3.63) is 28.2 Å². The number of ether oxygens (including phenoxy) is 1. The van der Waals surface area contributed by atoms with Gasteiger partial charge < -0.3 is 15.8 Å². The number of carbonyl (C=O) groups excluding carboxylic acids is 1. The minimum Gasteiger partial charge on any atom is -0.379 e. The van der Waals surface area contributed by atoms with Crippen molar-refractivity contribution < 1.29 is 9.53 Å². The molecule has 0 aromatic heterocycles. The molecule has 1 saturated heterocycles. The van der Waals surface area contributed by atoms with E-state index in [0.29, 0.717) is 28.8 Å². The SMILES string of the molecule is NC1(C(=O)Nc2cc(Cl)ccc2Cl)CCOC1. The summed E-state index contributed by atoms with van der Waals surface area (Å²) in [5.41, 5.74) is 5.40. The summed E-state index contributed by atoms with van der Waals surface area (Å²) < 4.78 is 5.13. The van der Waals surface area contributed by atoms with Crippen molar-refractivity contribution >= 4 is 34.8 Å². The number of hydrogen-bond donors (Lipinski definition) is 2. The zero-order valence-electron chi connectivity index (χ0n) is 9.00. The Bertz CT molecular complexity index is 445. The Morgan fingerprint density at radius 3 is 2.88 bits per heavy atom. The first kappa shape index (κ1) is 12.6. The lowest BCUT2D eigenvalue weighted by Gasteiger charge is -2.21. The second-order valence-electron chi connectivity index (χ2n) is 4.04. The molecule has 1 heterocycles. The molecule has 2 rings (SSSR count). The molecule has 0 saturated carbocycles. The number of rotatable bonds is 2. The van der Waals surface area contributed by atoms with Gasteiger partial charge in [0, 0.05) is 11.6 Å². The van der Waals surface area contributed by atoms with E-state index in [4.69, 9.17) is 33.7 Å². The van der Waals surface area contributed by atoms with Crippen molar-refractivity contribution in [2.45, 2.75) is 12.0 Å². The van der Waals surface area contributed by atoms with Crippen molar-refractivity contribution in [3.8, 4) is 0 Å². The number of nitrogens with two attached hydrogens (primary N) is 1. The van der Waals surface area contributed by atoms with Crippen LogP contribution < -0.4 is 11.1 Å². The molecule has 1 aliphatic rings. The summed E-state index contributed by atoms with van der Waals surface area (Å²) in [5.74, 6) is -0.306. The molecule has 0 aliphatic carbocycles. The lowest BCUT2D eigenvalue weighted by Crippen LogP contribution is -2.51. The van der Waals surface area contributed by atoms with Gasteiger partial charge in [-0.05, 0) is 24.6 Å². The number of anilines is 1. The van der Waals surface area contributed by atoms with E-state index in [1.165, 1.54) is 0 Å². The van der Waals surface area contributed by atoms with E-state index in [1.54, 1.807) is 18.2 Å². The minimum atomic E-state index is -0.981. The predicted octanol–water partition coefficient (Wildman–Crippen LogP) is 2.05. The van der Waals surface area contributed by atoms with Crippen LogP contribution in [0.5, 0.6) is 0 Å². The molecule has 0 radical (unpaired) electrons. The van der Waals surface area contributed by atoms with Crippen molar-refractivity contribution in [2.75, 3.05) is 18.5 Å². The molecule has 0 bridgehead atoms. The second-order valence-corrected chi connectivity index (χ2v) is 4.88. The molecular weight excluding hydrogens is 263 g/mol. The summed E-state index contributed by atoms with van der Waals surface area (Å²) in [6.45, 7) is 0.713. The van der Waals surface area contributed by atoms with Crippen LogP contribution >= 0.6 is 23.2 Å². The van der Waals surface area contributed by atoms with Gasteiger partial charge in [0.25, 0.3) is 0 Å². The first-order chi connectivity index (χ1) is 8.01. The molecule has 0 spiro atoms. The zero-order valence-corrected chi connectivity index (χ0v) is 10.5. The number of nitrogens with one attached hydrogen (secondary N) is 1. The van der Waals surface area contributed by atoms with Gasteiger partial charge in [0.1, 0.15) is 5.54 Å². The normalized spacial score (nSPS) is 23.7. The Hall–Kier alpha value is -0.810. The quantitative estimate of drug-likeness (QED) is 0.868. The second kappa shape index (κ2) is 4.82. The van der Waals surface area contributed by atoms with Crippen LogP contribution in [0.3, 0.4) is 0 Å². The summed E-state index contributed by atoms with van der Waals surface area (Å²) in [4.78, 5) is 12.0. The number of benzene rings is 1. The number of amides is 1. The molecule has 1 amide bonds. The molecule has 6 heteroatoms. The van der Waals surface area contributed by atoms with Crippen molar-refractivity contribution in [1.29, 1.82) is 0 Å². The summed E-state index contributed by atoms with van der Waals surface area (Å²) in [5, 5.41) is 3.59. The Morgan fingerprint density at radius 1 is 1.47 bits per heavy atom. The molecule has 1 aromatic carbocycles. The Morgan fingerprint density at radius 2 is 2.24 bits per heavy atom. The van der Waals surface area contributed by atoms with Gasteiger partial charge in [0.05, 0.1) is 17.3 Å². The van der Waals surface area contributed by atoms with Gasteiger partial charge in [-0.3, -0.25) is 4.79 Å². The van der Waals surface area contributed by atoms with Crippen molar-refractivity contribution in [3.63, 3.8) is 0 Å². The van der Waals surface area contributed by atoms with Crippen LogP contribution in [-0.4, -0.2) is 24.7 Å². The third-order valence-electron chi connectivity index (χ3n) is 2.68. The van der Waals surface area contributed by atoms with E-state index in [1.807, 2.05) is 0 Å². The maximum atomic E-state index is 12.0. The molecule has 1 aromatic rings. The topological polar surface area (TPSA) is 64.4 Å².